The molecule has 1 heterocycles. The molecule has 0 amide bonds. The average Bonchev–Trinajstić information content (AvgIpc) is 3.79. The van der Waals surface area contributed by atoms with Crippen molar-refractivity contribution in [3.8, 4) is 0 Å². The predicted octanol–water partition coefficient (Wildman–Crippen LogP) is 13.2. The van der Waals surface area contributed by atoms with Crippen molar-refractivity contribution in [1.82, 2.24) is 0 Å². The molecule has 0 spiro atoms. The van der Waals surface area contributed by atoms with Crippen molar-refractivity contribution in [3.05, 3.63) is 314 Å². The molecule has 10 aromatic carbocycles. The largest absolute Gasteiger partial charge is 0.308 e. The number of para-hydroxylation sites is 2. The Morgan fingerprint density at radius 3 is 0.932 bits per heavy atom. The Hall–Kier alpha value is -7.60. The first-order chi connectivity index (χ1) is 35.9. The number of aliphatic imine (C=N–C) groups is 1. The van der Waals surface area contributed by atoms with Gasteiger partial charge in [-0.3, -0.25) is 4.90 Å². The van der Waals surface area contributed by atoms with Crippen molar-refractivity contribution >= 4 is 93.0 Å². The SMILES string of the molecule is O=P(C(=C1N(c2ccccc2)C(=Nc2ccccc2)C(P(=O)(c2ccccc2)c2ccccc2)=P1(c1ccccc1)c1ccccc1)P(=O)(c1ccccc1)c1ccccc1)(c1ccccc1)c1ccccc1. The highest BCUT2D eigenvalue weighted by molar-refractivity contribution is 8.15. The molecule has 0 aromatic heterocycles. The van der Waals surface area contributed by atoms with Gasteiger partial charge in [-0.1, -0.05) is 279 Å². The Kier molecular flexibility index (Phi) is 13.4. The second kappa shape index (κ2) is 20.5. The fourth-order valence-corrected chi connectivity index (χ4v) is 29.3. The summed E-state index contributed by atoms with van der Waals surface area (Å²) in [7, 11) is -13.0. The van der Waals surface area contributed by atoms with Gasteiger partial charge in [0.05, 0.1) is 21.2 Å². The van der Waals surface area contributed by atoms with Crippen LogP contribution >= 0.6 is 28.3 Å². The van der Waals surface area contributed by atoms with Gasteiger partial charge in [0.15, 0.2) is 27.3 Å². The molecule has 0 saturated heterocycles. The third-order valence-electron chi connectivity index (χ3n) is 13.4. The highest BCUT2D eigenvalue weighted by Crippen LogP contribution is 2.79. The summed E-state index contributed by atoms with van der Waals surface area (Å²) in [5, 5.41) is 5.71. The third-order valence-corrected chi connectivity index (χ3v) is 29.8. The minimum Gasteiger partial charge on any atom is -0.308 e. The molecule has 11 rings (SSSR count). The molecule has 73 heavy (non-hydrogen) atoms. The number of nitrogens with zero attached hydrogens (tertiary/aromatic N) is 2. The van der Waals surface area contributed by atoms with E-state index < -0.39 is 28.3 Å². The van der Waals surface area contributed by atoms with E-state index in [1.807, 2.05) is 279 Å². The van der Waals surface area contributed by atoms with Gasteiger partial charge in [0.1, 0.15) is 0 Å². The smallest absolute Gasteiger partial charge is 0.177 e. The minimum atomic E-state index is -4.40. The van der Waals surface area contributed by atoms with Gasteiger partial charge in [-0.15, -0.1) is 0 Å². The van der Waals surface area contributed by atoms with Crippen molar-refractivity contribution in [2.75, 3.05) is 4.90 Å². The molecule has 1 aliphatic heterocycles. The monoisotopic (exact) mass is 1020 g/mol. The van der Waals surface area contributed by atoms with Gasteiger partial charge in [-0.25, -0.2) is 4.99 Å². The molecule has 0 N–H and O–H groups in total. The van der Waals surface area contributed by atoms with E-state index in [0.717, 1.165) is 10.6 Å². The van der Waals surface area contributed by atoms with Gasteiger partial charge >= 0.3 is 0 Å². The van der Waals surface area contributed by atoms with E-state index >= 15 is 13.7 Å². The first-order valence-corrected chi connectivity index (χ1v) is 31.1. The summed E-state index contributed by atoms with van der Waals surface area (Å²) in [5.74, 6) is 0.405. The van der Waals surface area contributed by atoms with E-state index in [0.29, 0.717) is 59.5 Å². The van der Waals surface area contributed by atoms with Crippen molar-refractivity contribution in [2.24, 2.45) is 4.99 Å². The maximum absolute atomic E-state index is 18.6. The van der Waals surface area contributed by atoms with Crippen molar-refractivity contribution in [2.45, 2.75) is 0 Å². The Balaban J connectivity index is 1.57. The van der Waals surface area contributed by atoms with E-state index in [9.17, 15) is 0 Å². The Morgan fingerprint density at radius 1 is 0.329 bits per heavy atom. The zero-order valence-electron chi connectivity index (χ0n) is 39.8. The fourth-order valence-electron chi connectivity index (χ4n) is 10.2. The van der Waals surface area contributed by atoms with E-state index in [1.165, 1.54) is 0 Å². The quantitative estimate of drug-likeness (QED) is 0.108. The second-order valence-electron chi connectivity index (χ2n) is 17.6. The summed E-state index contributed by atoms with van der Waals surface area (Å²) < 4.78 is 55.7. The molecule has 354 valence electrons. The number of hydrogen-bond donors (Lipinski definition) is 0. The predicted molar refractivity (Wildman–Crippen MR) is 313 cm³/mol. The van der Waals surface area contributed by atoms with Crippen LogP contribution in [-0.4, -0.2) is 10.9 Å². The molecule has 5 nitrogen and oxygen atoms in total. The molecule has 0 aliphatic carbocycles. The van der Waals surface area contributed by atoms with Crippen LogP contribution in [0.1, 0.15) is 0 Å². The summed E-state index contributed by atoms with van der Waals surface area (Å²) >= 11 is 0. The lowest BCUT2D eigenvalue weighted by Crippen LogP contribution is -2.35. The number of rotatable bonds is 13. The molecule has 10 aromatic rings. The summed E-state index contributed by atoms with van der Waals surface area (Å²) in [6, 6.07) is 97.9. The minimum absolute atomic E-state index is 0.253. The number of anilines is 1. The topological polar surface area (TPSA) is 66.8 Å². The Morgan fingerprint density at radius 2 is 0.603 bits per heavy atom. The van der Waals surface area contributed by atoms with Crippen LogP contribution in [0.25, 0.3) is 0 Å². The normalized spacial score (nSPS) is 14.2. The molecule has 0 bridgehead atoms. The highest BCUT2D eigenvalue weighted by atomic mass is 31.2. The average molecular weight is 1020 g/mol. The summed E-state index contributed by atoms with van der Waals surface area (Å²) in [5.41, 5.74) is 1.82. The lowest BCUT2D eigenvalue weighted by Gasteiger charge is -2.39. The zero-order chi connectivity index (χ0) is 49.7. The van der Waals surface area contributed by atoms with Crippen molar-refractivity contribution < 1.29 is 13.7 Å². The first kappa shape index (κ1) is 47.7. The van der Waals surface area contributed by atoms with Crippen LogP contribution in [0, 0.1) is 0 Å². The van der Waals surface area contributed by atoms with Crippen molar-refractivity contribution in [3.63, 3.8) is 0 Å². The Bertz CT molecular complexity index is 3520. The van der Waals surface area contributed by atoms with E-state index in [1.54, 1.807) is 0 Å². The number of hydrogen-bond acceptors (Lipinski definition) is 4. The summed E-state index contributed by atoms with van der Waals surface area (Å²) in [6.45, 7) is -3.89. The van der Waals surface area contributed by atoms with E-state index in [2.05, 4.69) is 29.2 Å². The Labute approximate surface area is 428 Å². The molecule has 0 unspecified atom stereocenters. The maximum atomic E-state index is 18.6. The first-order valence-electron chi connectivity index (χ1n) is 24.2. The van der Waals surface area contributed by atoms with Crippen LogP contribution in [0.15, 0.2) is 319 Å². The lowest BCUT2D eigenvalue weighted by atomic mass is 10.3. The molecule has 0 saturated carbocycles. The van der Waals surface area contributed by atoms with E-state index in [-0.39, 0.29) is 5.06 Å². The van der Waals surface area contributed by atoms with Crippen LogP contribution in [0.2, 0.25) is 0 Å². The zero-order valence-corrected chi connectivity index (χ0v) is 43.4. The standard InChI is InChI=1S/C64H50N2O3P4/c67-71(55-39-19-5-20-40-55,56-41-21-6-22-42-56)63-61(65-51-31-11-1-12-32-51)66(52-33-13-2-14-34-52)62(70(63,53-35-15-3-16-36-53)54-37-17-4-18-38-54)64(72(68,57-43-23-7-24-44-57)58-45-25-8-26-46-58)73(69,59-47-27-9-28-48-59)60-49-29-10-30-50-60/h1-50H. The highest BCUT2D eigenvalue weighted by Gasteiger charge is 2.59. The van der Waals surface area contributed by atoms with Gasteiger partial charge in [-0.2, -0.15) is 0 Å². The van der Waals surface area contributed by atoms with Crippen LogP contribution in [0.5, 0.6) is 0 Å². The van der Waals surface area contributed by atoms with Crippen molar-refractivity contribution in [1.29, 1.82) is 0 Å². The van der Waals surface area contributed by atoms with Gasteiger partial charge in [0, 0.05) is 44.4 Å². The summed E-state index contributed by atoms with van der Waals surface area (Å²) in [6.07, 6.45) is 0. The van der Waals surface area contributed by atoms with Gasteiger partial charge in [0.25, 0.3) is 0 Å². The molecule has 0 radical (unpaired) electrons. The molecule has 9 heteroatoms. The lowest BCUT2D eigenvalue weighted by molar-refractivity contribution is 0.586. The molecule has 0 atom stereocenters. The van der Waals surface area contributed by atoms with E-state index in [4.69, 9.17) is 4.99 Å². The third kappa shape index (κ3) is 8.24. The van der Waals surface area contributed by atoms with Crippen LogP contribution in [0.4, 0.5) is 11.4 Å². The second-order valence-corrected chi connectivity index (χ2v) is 29.6. The molecular formula is C64H50N2O3P4. The number of benzene rings is 10. The van der Waals surface area contributed by atoms with Crippen LogP contribution < -0.4 is 47.3 Å². The molecule has 1 aliphatic rings. The van der Waals surface area contributed by atoms with Gasteiger partial charge < -0.3 is 13.7 Å². The molecular weight excluding hydrogens is 969 g/mol. The van der Waals surface area contributed by atoms with Crippen LogP contribution in [-0.2, 0) is 13.7 Å². The van der Waals surface area contributed by atoms with Gasteiger partial charge in [0.2, 0.25) is 0 Å². The molecule has 0 fully saturated rings. The fraction of sp³-hybridized carbons (Fsp3) is 0. The van der Waals surface area contributed by atoms with Crippen LogP contribution in [0.3, 0.4) is 0 Å². The number of amidine groups is 1. The maximum Gasteiger partial charge on any atom is 0.177 e. The van der Waals surface area contributed by atoms with Gasteiger partial charge in [-0.05, 0) is 34.9 Å². The summed E-state index contributed by atoms with van der Waals surface area (Å²) in [4.78, 5) is 7.91.